The van der Waals surface area contributed by atoms with Gasteiger partial charge >= 0.3 is 0 Å². The summed E-state index contributed by atoms with van der Waals surface area (Å²) in [5.74, 6) is 1.29. The Bertz CT molecular complexity index is 586. The molecule has 0 spiro atoms. The molecular weight excluding hydrogens is 290 g/mol. The fraction of sp³-hybridized carbons (Fsp3) is 0.188. The molecule has 20 heavy (non-hydrogen) atoms. The van der Waals surface area contributed by atoms with Gasteiger partial charge in [0.05, 0.1) is 5.75 Å². The molecule has 0 unspecified atom stereocenters. The Morgan fingerprint density at radius 1 is 1.20 bits per heavy atom. The number of hydrogen-bond donors (Lipinski definition) is 1. The minimum atomic E-state index is 0.0105. The Morgan fingerprint density at radius 3 is 2.65 bits per heavy atom. The average molecular weight is 306 g/mol. The first-order valence-electron chi connectivity index (χ1n) is 6.33. The molecule has 0 aliphatic carbocycles. The monoisotopic (exact) mass is 305 g/mol. The minimum Gasteiger partial charge on any atom is -0.325 e. The van der Waals surface area contributed by atoms with Gasteiger partial charge in [-0.05, 0) is 36.2 Å². The molecule has 1 amide bonds. The van der Waals surface area contributed by atoms with Gasteiger partial charge < -0.3 is 5.32 Å². The van der Waals surface area contributed by atoms with Gasteiger partial charge in [-0.1, -0.05) is 41.9 Å². The van der Waals surface area contributed by atoms with Gasteiger partial charge in [0.15, 0.2) is 0 Å². The molecule has 0 aromatic heterocycles. The molecule has 0 aliphatic heterocycles. The number of carbonyl (C=O) groups is 1. The Balaban J connectivity index is 1.81. The highest BCUT2D eigenvalue weighted by Gasteiger charge is 2.05. The number of aryl methyl sites for hydroxylation is 1. The van der Waals surface area contributed by atoms with Crippen LogP contribution in [0.25, 0.3) is 0 Å². The maximum absolute atomic E-state index is 11.9. The van der Waals surface area contributed by atoms with Crippen LogP contribution in [0.15, 0.2) is 48.5 Å². The van der Waals surface area contributed by atoms with Gasteiger partial charge in [0.2, 0.25) is 5.91 Å². The van der Waals surface area contributed by atoms with Gasteiger partial charge in [0.25, 0.3) is 0 Å². The van der Waals surface area contributed by atoms with Crippen molar-refractivity contribution in [3.8, 4) is 0 Å². The molecule has 1 N–H and O–H groups in total. The van der Waals surface area contributed by atoms with E-state index in [4.69, 9.17) is 11.6 Å². The summed E-state index contributed by atoms with van der Waals surface area (Å²) < 4.78 is 0. The highest BCUT2D eigenvalue weighted by atomic mass is 35.5. The van der Waals surface area contributed by atoms with Gasteiger partial charge in [0, 0.05) is 16.5 Å². The van der Waals surface area contributed by atoms with Crippen molar-refractivity contribution in [2.45, 2.75) is 12.7 Å². The van der Waals surface area contributed by atoms with Crippen LogP contribution in [0.3, 0.4) is 0 Å². The van der Waals surface area contributed by atoms with Crippen molar-refractivity contribution < 1.29 is 4.79 Å². The Kier molecular flexibility index (Phi) is 5.50. The van der Waals surface area contributed by atoms with E-state index in [0.717, 1.165) is 17.0 Å². The lowest BCUT2D eigenvalue weighted by Crippen LogP contribution is -2.14. The molecule has 0 radical (unpaired) electrons. The molecule has 0 heterocycles. The molecule has 2 aromatic rings. The molecule has 0 atom stereocenters. The second-order valence-electron chi connectivity index (χ2n) is 4.49. The van der Waals surface area contributed by atoms with Crippen LogP contribution in [0.1, 0.15) is 11.1 Å². The molecule has 104 valence electrons. The lowest BCUT2D eigenvalue weighted by atomic mass is 10.2. The number of nitrogens with one attached hydrogen (secondary N) is 1. The Morgan fingerprint density at radius 2 is 1.95 bits per heavy atom. The summed E-state index contributed by atoms with van der Waals surface area (Å²) in [4.78, 5) is 11.9. The first-order chi connectivity index (χ1) is 9.65. The van der Waals surface area contributed by atoms with Gasteiger partial charge in [-0.3, -0.25) is 4.79 Å². The van der Waals surface area contributed by atoms with E-state index < -0.39 is 0 Å². The van der Waals surface area contributed by atoms with E-state index in [2.05, 4.69) is 17.4 Å². The number of carbonyl (C=O) groups excluding carboxylic acids is 1. The fourth-order valence-corrected chi connectivity index (χ4v) is 2.80. The fourth-order valence-electron chi connectivity index (χ4n) is 1.79. The smallest absolute Gasteiger partial charge is 0.234 e. The summed E-state index contributed by atoms with van der Waals surface area (Å²) in [6, 6.07) is 15.6. The van der Waals surface area contributed by atoms with E-state index in [1.807, 2.05) is 37.3 Å². The third-order valence-electron chi connectivity index (χ3n) is 2.81. The molecule has 0 saturated heterocycles. The molecule has 0 bridgehead atoms. The van der Waals surface area contributed by atoms with Crippen LogP contribution in [0.4, 0.5) is 5.69 Å². The van der Waals surface area contributed by atoms with Crippen molar-refractivity contribution in [3.05, 3.63) is 64.7 Å². The summed E-state index contributed by atoms with van der Waals surface area (Å²) in [6.45, 7) is 1.93. The normalized spacial score (nSPS) is 10.3. The van der Waals surface area contributed by atoms with Crippen molar-refractivity contribution in [1.82, 2.24) is 0 Å². The lowest BCUT2D eigenvalue weighted by Gasteiger charge is -2.08. The number of halogens is 1. The first kappa shape index (κ1) is 14.9. The number of rotatable bonds is 5. The van der Waals surface area contributed by atoms with Crippen LogP contribution in [-0.2, 0) is 10.5 Å². The van der Waals surface area contributed by atoms with Crippen molar-refractivity contribution in [3.63, 3.8) is 0 Å². The number of hydrogen-bond acceptors (Lipinski definition) is 2. The van der Waals surface area contributed by atoms with E-state index in [-0.39, 0.29) is 5.91 Å². The minimum absolute atomic E-state index is 0.0105. The topological polar surface area (TPSA) is 29.1 Å². The number of anilines is 1. The molecule has 2 rings (SSSR count). The zero-order valence-electron chi connectivity index (χ0n) is 11.2. The van der Waals surface area contributed by atoms with Crippen LogP contribution in [0.2, 0.25) is 5.02 Å². The van der Waals surface area contributed by atoms with Crippen LogP contribution in [0.5, 0.6) is 0 Å². The van der Waals surface area contributed by atoms with Crippen LogP contribution in [-0.4, -0.2) is 11.7 Å². The average Bonchev–Trinajstić information content (AvgIpc) is 2.43. The number of benzene rings is 2. The van der Waals surface area contributed by atoms with Crippen molar-refractivity contribution in [1.29, 1.82) is 0 Å². The van der Waals surface area contributed by atoms with Crippen LogP contribution in [0, 0.1) is 6.92 Å². The van der Waals surface area contributed by atoms with E-state index in [9.17, 15) is 4.79 Å². The molecule has 2 nitrogen and oxygen atoms in total. The third-order valence-corrected chi connectivity index (χ3v) is 4.05. The predicted molar refractivity (Wildman–Crippen MR) is 87.4 cm³/mol. The zero-order valence-corrected chi connectivity index (χ0v) is 12.8. The van der Waals surface area contributed by atoms with Crippen molar-refractivity contribution in [2.24, 2.45) is 0 Å². The molecular formula is C16H16ClNOS. The van der Waals surface area contributed by atoms with E-state index in [1.165, 1.54) is 5.56 Å². The Hall–Kier alpha value is -1.45. The zero-order chi connectivity index (χ0) is 14.4. The molecule has 0 fully saturated rings. The van der Waals surface area contributed by atoms with Crippen molar-refractivity contribution in [2.75, 3.05) is 11.1 Å². The van der Waals surface area contributed by atoms with Gasteiger partial charge in [-0.2, -0.15) is 0 Å². The molecule has 0 aliphatic rings. The van der Waals surface area contributed by atoms with Gasteiger partial charge in [-0.25, -0.2) is 0 Å². The van der Waals surface area contributed by atoms with Crippen molar-refractivity contribution >= 4 is 35.0 Å². The first-order valence-corrected chi connectivity index (χ1v) is 7.86. The summed E-state index contributed by atoms with van der Waals surface area (Å²) in [7, 11) is 0. The maximum atomic E-state index is 11.9. The molecule has 0 saturated carbocycles. The number of amides is 1. The van der Waals surface area contributed by atoms with Crippen LogP contribution < -0.4 is 5.32 Å². The van der Waals surface area contributed by atoms with E-state index in [0.29, 0.717) is 10.8 Å². The largest absolute Gasteiger partial charge is 0.325 e. The van der Waals surface area contributed by atoms with Crippen LogP contribution >= 0.6 is 23.4 Å². The number of thioether (sulfide) groups is 1. The second-order valence-corrected chi connectivity index (χ2v) is 5.91. The van der Waals surface area contributed by atoms with E-state index in [1.54, 1.807) is 17.8 Å². The quantitative estimate of drug-likeness (QED) is 0.880. The molecule has 2 aromatic carbocycles. The summed E-state index contributed by atoms with van der Waals surface area (Å²) in [5, 5.41) is 3.58. The SMILES string of the molecule is Cc1cc(Cl)ccc1NC(=O)CSCc1ccccc1. The lowest BCUT2D eigenvalue weighted by molar-refractivity contribution is -0.113. The summed E-state index contributed by atoms with van der Waals surface area (Å²) in [6.07, 6.45) is 0. The summed E-state index contributed by atoms with van der Waals surface area (Å²) >= 11 is 7.49. The third kappa shape index (κ3) is 4.58. The highest BCUT2D eigenvalue weighted by molar-refractivity contribution is 7.99. The molecule has 4 heteroatoms. The summed E-state index contributed by atoms with van der Waals surface area (Å²) in [5.41, 5.74) is 3.02. The van der Waals surface area contributed by atoms with E-state index >= 15 is 0 Å². The van der Waals surface area contributed by atoms with Gasteiger partial charge in [-0.15, -0.1) is 11.8 Å². The maximum Gasteiger partial charge on any atom is 0.234 e. The highest BCUT2D eigenvalue weighted by Crippen LogP contribution is 2.20. The van der Waals surface area contributed by atoms with Gasteiger partial charge in [0.1, 0.15) is 0 Å². The predicted octanol–water partition coefficient (Wildman–Crippen LogP) is 4.52. The Labute approximate surface area is 128 Å². The standard InChI is InChI=1S/C16H16ClNOS/c1-12-9-14(17)7-8-15(12)18-16(19)11-20-10-13-5-3-2-4-6-13/h2-9H,10-11H2,1H3,(H,18,19). The second kappa shape index (κ2) is 7.36.